The van der Waals surface area contributed by atoms with Gasteiger partial charge in [0, 0.05) is 25.2 Å². The topological polar surface area (TPSA) is 57.3 Å². The predicted molar refractivity (Wildman–Crippen MR) is 85.6 cm³/mol. The van der Waals surface area contributed by atoms with Crippen molar-refractivity contribution in [3.8, 4) is 0 Å². The Hall–Kier alpha value is -1.62. The first-order chi connectivity index (χ1) is 10.1. The molecule has 1 heterocycles. The minimum Gasteiger partial charge on any atom is -0.370 e. The number of carbonyl (C=O) groups is 1. The van der Waals surface area contributed by atoms with Crippen molar-refractivity contribution < 1.29 is 4.79 Å². The first-order valence-electron chi connectivity index (χ1n) is 7.83. The van der Waals surface area contributed by atoms with Crippen molar-refractivity contribution in [3.63, 3.8) is 0 Å². The Kier molecular flexibility index (Phi) is 5.56. The smallest absolute Gasteiger partial charge is 0.270 e. The third-order valence-corrected chi connectivity index (χ3v) is 3.91. The lowest BCUT2D eigenvalue weighted by molar-refractivity contribution is 0.0934. The summed E-state index contributed by atoms with van der Waals surface area (Å²) in [6.07, 6.45) is 3.59. The van der Waals surface area contributed by atoms with Gasteiger partial charge >= 0.3 is 0 Å². The van der Waals surface area contributed by atoms with Crippen LogP contribution >= 0.6 is 0 Å². The minimum atomic E-state index is -0.105. The fraction of sp³-hybridized carbons (Fsp3) is 0.625. The van der Waals surface area contributed by atoms with E-state index in [1.54, 1.807) is 6.07 Å². The monoisotopic (exact) mass is 290 g/mol. The number of amides is 1. The molecular weight excluding hydrogens is 264 g/mol. The zero-order valence-corrected chi connectivity index (χ0v) is 13.2. The maximum absolute atomic E-state index is 12.2. The van der Waals surface area contributed by atoms with Gasteiger partial charge in [0.05, 0.1) is 0 Å². The van der Waals surface area contributed by atoms with Crippen molar-refractivity contribution in [1.82, 2.24) is 15.2 Å². The Morgan fingerprint density at radius 3 is 2.90 bits per heavy atom. The fourth-order valence-electron chi connectivity index (χ4n) is 2.23. The third kappa shape index (κ3) is 4.70. The summed E-state index contributed by atoms with van der Waals surface area (Å²) in [6.45, 7) is 5.76. The Morgan fingerprint density at radius 1 is 1.48 bits per heavy atom. The molecule has 1 aliphatic rings. The van der Waals surface area contributed by atoms with Crippen LogP contribution in [0.2, 0.25) is 0 Å². The van der Waals surface area contributed by atoms with Crippen molar-refractivity contribution in [2.24, 2.45) is 0 Å². The van der Waals surface area contributed by atoms with Gasteiger partial charge in [-0.1, -0.05) is 13.0 Å². The van der Waals surface area contributed by atoms with Gasteiger partial charge in [0.25, 0.3) is 5.91 Å². The SMILES string of the molecule is CCCNc1cccc(C(=O)NCC(C)N(C)C2CC2)n1. The highest BCUT2D eigenvalue weighted by Gasteiger charge is 2.29. The molecule has 2 N–H and O–H groups in total. The van der Waals surface area contributed by atoms with E-state index in [0.717, 1.165) is 18.8 Å². The average molecular weight is 290 g/mol. The summed E-state index contributed by atoms with van der Waals surface area (Å²) in [5.74, 6) is 0.652. The second-order valence-electron chi connectivity index (χ2n) is 5.79. The number of anilines is 1. The standard InChI is InChI=1S/C16H26N4O/c1-4-10-17-15-7-5-6-14(19-15)16(21)18-11-12(2)20(3)13-8-9-13/h5-7,12-13H,4,8-11H2,1-3H3,(H,17,19)(H,18,21). The molecule has 1 aliphatic carbocycles. The normalized spacial score (nSPS) is 15.8. The second kappa shape index (κ2) is 7.41. The van der Waals surface area contributed by atoms with Crippen LogP contribution in [0, 0.1) is 0 Å². The minimum absolute atomic E-state index is 0.105. The van der Waals surface area contributed by atoms with Crippen LogP contribution < -0.4 is 10.6 Å². The molecule has 0 bridgehead atoms. The zero-order chi connectivity index (χ0) is 15.2. The predicted octanol–water partition coefficient (Wildman–Crippen LogP) is 2.12. The Labute approximate surface area is 127 Å². The van der Waals surface area contributed by atoms with Gasteiger partial charge in [-0.3, -0.25) is 9.69 Å². The molecule has 5 heteroatoms. The average Bonchev–Trinajstić information content (AvgIpc) is 3.34. The number of pyridine rings is 1. The Bertz CT molecular complexity index is 473. The van der Waals surface area contributed by atoms with Crippen LogP contribution in [0.4, 0.5) is 5.82 Å². The molecule has 1 unspecified atom stereocenters. The van der Waals surface area contributed by atoms with E-state index in [9.17, 15) is 4.79 Å². The molecule has 0 aliphatic heterocycles. The number of nitrogens with zero attached hydrogens (tertiary/aromatic N) is 2. The molecule has 1 amide bonds. The van der Waals surface area contributed by atoms with Gasteiger partial charge in [-0.15, -0.1) is 0 Å². The fourth-order valence-corrected chi connectivity index (χ4v) is 2.23. The first-order valence-corrected chi connectivity index (χ1v) is 7.83. The first kappa shape index (κ1) is 15.8. The van der Waals surface area contributed by atoms with Crippen LogP contribution in [0.1, 0.15) is 43.6 Å². The van der Waals surface area contributed by atoms with Crippen molar-refractivity contribution >= 4 is 11.7 Å². The van der Waals surface area contributed by atoms with Gasteiger partial charge in [0.2, 0.25) is 0 Å². The maximum atomic E-state index is 12.2. The summed E-state index contributed by atoms with van der Waals surface area (Å²) in [6, 6.07) is 6.55. The lowest BCUT2D eigenvalue weighted by atomic mass is 10.2. The largest absolute Gasteiger partial charge is 0.370 e. The van der Waals surface area contributed by atoms with Crippen LogP contribution in [0.25, 0.3) is 0 Å². The van der Waals surface area contributed by atoms with Gasteiger partial charge < -0.3 is 10.6 Å². The quantitative estimate of drug-likeness (QED) is 0.770. The van der Waals surface area contributed by atoms with Crippen LogP contribution in [0.5, 0.6) is 0 Å². The molecule has 0 spiro atoms. The highest BCUT2D eigenvalue weighted by Crippen LogP contribution is 2.26. The number of carbonyl (C=O) groups excluding carboxylic acids is 1. The second-order valence-corrected chi connectivity index (χ2v) is 5.79. The van der Waals surface area contributed by atoms with Crippen molar-refractivity contribution in [3.05, 3.63) is 23.9 Å². The molecule has 0 aromatic carbocycles. The molecule has 1 aromatic rings. The van der Waals surface area contributed by atoms with Crippen LogP contribution in [-0.4, -0.2) is 48.0 Å². The third-order valence-electron chi connectivity index (χ3n) is 3.91. The molecular formula is C16H26N4O. The summed E-state index contributed by atoms with van der Waals surface area (Å²) in [4.78, 5) is 18.8. The summed E-state index contributed by atoms with van der Waals surface area (Å²) in [7, 11) is 2.13. The highest BCUT2D eigenvalue weighted by molar-refractivity contribution is 5.92. The van der Waals surface area contributed by atoms with E-state index in [-0.39, 0.29) is 5.91 Å². The Balaban J connectivity index is 1.84. The summed E-state index contributed by atoms with van der Waals surface area (Å²) in [5.41, 5.74) is 0.470. The van der Waals surface area contributed by atoms with Crippen molar-refractivity contribution in [1.29, 1.82) is 0 Å². The molecule has 116 valence electrons. The van der Waals surface area contributed by atoms with Crippen molar-refractivity contribution in [2.75, 3.05) is 25.5 Å². The van der Waals surface area contributed by atoms with Gasteiger partial charge in [0.15, 0.2) is 0 Å². The van der Waals surface area contributed by atoms with Crippen LogP contribution in [0.15, 0.2) is 18.2 Å². The number of nitrogens with one attached hydrogen (secondary N) is 2. The number of hydrogen-bond acceptors (Lipinski definition) is 4. The van der Waals surface area contributed by atoms with Gasteiger partial charge in [-0.05, 0) is 45.4 Å². The van der Waals surface area contributed by atoms with E-state index in [0.29, 0.717) is 24.3 Å². The maximum Gasteiger partial charge on any atom is 0.270 e. The van der Waals surface area contributed by atoms with E-state index in [4.69, 9.17) is 0 Å². The van der Waals surface area contributed by atoms with Crippen LogP contribution in [0.3, 0.4) is 0 Å². The Morgan fingerprint density at radius 2 is 2.24 bits per heavy atom. The van der Waals surface area contributed by atoms with Crippen molar-refractivity contribution in [2.45, 2.75) is 45.2 Å². The molecule has 0 radical (unpaired) electrons. The molecule has 1 saturated carbocycles. The number of aromatic nitrogens is 1. The van der Waals surface area contributed by atoms with Gasteiger partial charge in [-0.25, -0.2) is 4.98 Å². The van der Waals surface area contributed by atoms with E-state index in [2.05, 4.69) is 41.4 Å². The van der Waals surface area contributed by atoms with E-state index in [1.807, 2.05) is 12.1 Å². The molecule has 1 aromatic heterocycles. The molecule has 0 saturated heterocycles. The summed E-state index contributed by atoms with van der Waals surface area (Å²) >= 11 is 0. The molecule has 1 atom stereocenters. The highest BCUT2D eigenvalue weighted by atomic mass is 16.1. The summed E-state index contributed by atoms with van der Waals surface area (Å²) in [5, 5.41) is 6.17. The number of rotatable bonds is 8. The number of hydrogen-bond donors (Lipinski definition) is 2. The zero-order valence-electron chi connectivity index (χ0n) is 13.2. The molecule has 21 heavy (non-hydrogen) atoms. The molecule has 2 rings (SSSR count). The van der Waals surface area contributed by atoms with Gasteiger partial charge in [-0.2, -0.15) is 0 Å². The molecule has 5 nitrogen and oxygen atoms in total. The van der Waals surface area contributed by atoms with E-state index < -0.39 is 0 Å². The summed E-state index contributed by atoms with van der Waals surface area (Å²) < 4.78 is 0. The molecule has 1 fully saturated rings. The van der Waals surface area contributed by atoms with Crippen LogP contribution in [-0.2, 0) is 0 Å². The van der Waals surface area contributed by atoms with Gasteiger partial charge in [0.1, 0.15) is 11.5 Å². The van der Waals surface area contributed by atoms with E-state index in [1.165, 1.54) is 12.8 Å². The van der Waals surface area contributed by atoms with E-state index >= 15 is 0 Å². The lowest BCUT2D eigenvalue weighted by Crippen LogP contribution is -2.41. The number of likely N-dealkylation sites (N-methyl/N-ethyl adjacent to an activating group) is 1. The lowest BCUT2D eigenvalue weighted by Gasteiger charge is -2.24.